The molecule has 2 aromatic rings. The van der Waals surface area contributed by atoms with E-state index < -0.39 is 0 Å². The number of ether oxygens (including phenoxy) is 1. The van der Waals surface area contributed by atoms with E-state index >= 15 is 0 Å². The van der Waals surface area contributed by atoms with Crippen molar-refractivity contribution in [3.8, 4) is 5.75 Å². The maximum Gasteiger partial charge on any atom is 0.219 e. The van der Waals surface area contributed by atoms with Gasteiger partial charge in [-0.3, -0.25) is 14.6 Å². The Morgan fingerprint density at radius 1 is 1.00 bits per heavy atom. The number of hydrogen-bond acceptors (Lipinski definition) is 4. The van der Waals surface area contributed by atoms with Crippen LogP contribution in [0.5, 0.6) is 5.75 Å². The summed E-state index contributed by atoms with van der Waals surface area (Å²) in [6.07, 6.45) is 0. The molecule has 0 unspecified atom stereocenters. The van der Waals surface area contributed by atoms with Gasteiger partial charge in [0.05, 0.1) is 0 Å². The Morgan fingerprint density at radius 3 is 2.55 bits per heavy atom. The Labute approximate surface area is 171 Å². The van der Waals surface area contributed by atoms with Gasteiger partial charge in [0, 0.05) is 70.4 Å². The summed E-state index contributed by atoms with van der Waals surface area (Å²) in [6.45, 7) is 8.57. The van der Waals surface area contributed by atoms with Crippen LogP contribution in [0.2, 0.25) is 0 Å². The molecule has 2 aliphatic heterocycles. The number of halogens is 1. The molecule has 2 heterocycles. The van der Waals surface area contributed by atoms with Crippen molar-refractivity contribution in [2.24, 2.45) is 0 Å². The molecular weight excluding hydrogens is 369 g/mol. The third-order valence-corrected chi connectivity index (χ3v) is 5.76. The fraction of sp³-hybridized carbons (Fsp3) is 0.435. The number of amides is 1. The topological polar surface area (TPSA) is 36.0 Å². The van der Waals surface area contributed by atoms with E-state index in [2.05, 4.69) is 28.0 Å². The summed E-state index contributed by atoms with van der Waals surface area (Å²) in [5.41, 5.74) is 3.12. The molecule has 0 N–H and O–H groups in total. The molecular formula is C23H28FN3O2. The number of carbonyl (C=O) groups is 1. The van der Waals surface area contributed by atoms with Gasteiger partial charge in [0.25, 0.3) is 0 Å². The first-order valence-corrected chi connectivity index (χ1v) is 10.3. The van der Waals surface area contributed by atoms with Crippen LogP contribution < -0.4 is 4.74 Å². The lowest BCUT2D eigenvalue weighted by Gasteiger charge is -2.34. The lowest BCUT2D eigenvalue weighted by Crippen LogP contribution is -2.47. The lowest BCUT2D eigenvalue weighted by atomic mass is 10.1. The molecule has 6 heteroatoms. The molecule has 0 spiro atoms. The van der Waals surface area contributed by atoms with Crippen molar-refractivity contribution >= 4 is 5.91 Å². The molecule has 29 heavy (non-hydrogen) atoms. The van der Waals surface area contributed by atoms with E-state index in [9.17, 15) is 9.18 Å². The van der Waals surface area contributed by atoms with Crippen molar-refractivity contribution in [2.45, 2.75) is 26.6 Å². The summed E-state index contributed by atoms with van der Waals surface area (Å²) < 4.78 is 20.0. The minimum atomic E-state index is -0.156. The van der Waals surface area contributed by atoms with E-state index in [4.69, 9.17) is 4.74 Å². The maximum atomic E-state index is 14.1. The molecule has 0 radical (unpaired) electrons. The van der Waals surface area contributed by atoms with Gasteiger partial charge in [-0.1, -0.05) is 24.3 Å². The SMILES string of the molecule is CC(=O)N1CCN(Cc2ccc3c(c2)CN(Cc2ccccc2F)CCO3)CC1. The van der Waals surface area contributed by atoms with Crippen molar-refractivity contribution < 1.29 is 13.9 Å². The molecule has 2 aliphatic rings. The average Bonchev–Trinajstić information content (AvgIpc) is 2.91. The molecule has 5 nitrogen and oxygen atoms in total. The summed E-state index contributed by atoms with van der Waals surface area (Å²) in [5.74, 6) is 0.921. The molecule has 0 aliphatic carbocycles. The first kappa shape index (κ1) is 19.9. The van der Waals surface area contributed by atoms with E-state index in [1.165, 1.54) is 11.6 Å². The second-order valence-electron chi connectivity index (χ2n) is 7.87. The predicted octanol–water partition coefficient (Wildman–Crippen LogP) is 2.88. The van der Waals surface area contributed by atoms with Crippen LogP contribution in [0.3, 0.4) is 0 Å². The fourth-order valence-electron chi connectivity index (χ4n) is 4.08. The Hall–Kier alpha value is -2.44. The van der Waals surface area contributed by atoms with E-state index in [0.29, 0.717) is 13.2 Å². The summed E-state index contributed by atoms with van der Waals surface area (Å²) >= 11 is 0. The number of carbonyl (C=O) groups excluding carboxylic acids is 1. The summed E-state index contributed by atoms with van der Waals surface area (Å²) in [4.78, 5) is 18.0. The highest BCUT2D eigenvalue weighted by atomic mass is 19.1. The van der Waals surface area contributed by atoms with Crippen molar-refractivity contribution in [3.05, 3.63) is 65.0 Å². The first-order valence-electron chi connectivity index (χ1n) is 10.3. The molecule has 154 valence electrons. The third-order valence-electron chi connectivity index (χ3n) is 5.76. The second kappa shape index (κ2) is 8.93. The zero-order chi connectivity index (χ0) is 20.2. The van der Waals surface area contributed by atoms with Crippen molar-refractivity contribution in [1.82, 2.24) is 14.7 Å². The standard InChI is InChI=1S/C23H28FN3O2/c1-18(28)27-10-8-25(9-11-27)15-19-6-7-23-21(14-19)17-26(12-13-29-23)16-20-4-2-3-5-22(20)24/h2-7,14H,8-13,15-17H2,1H3. The monoisotopic (exact) mass is 397 g/mol. The zero-order valence-electron chi connectivity index (χ0n) is 16.9. The van der Waals surface area contributed by atoms with Crippen LogP contribution in [0.15, 0.2) is 42.5 Å². The van der Waals surface area contributed by atoms with Crippen LogP contribution in [0.25, 0.3) is 0 Å². The molecule has 1 saturated heterocycles. The number of benzene rings is 2. The van der Waals surface area contributed by atoms with Crippen molar-refractivity contribution in [2.75, 3.05) is 39.3 Å². The van der Waals surface area contributed by atoms with Crippen LogP contribution >= 0.6 is 0 Å². The molecule has 2 aromatic carbocycles. The van der Waals surface area contributed by atoms with E-state index in [1.807, 2.05) is 17.0 Å². The lowest BCUT2D eigenvalue weighted by molar-refractivity contribution is -0.130. The minimum absolute atomic E-state index is 0.154. The van der Waals surface area contributed by atoms with E-state index in [0.717, 1.165) is 62.7 Å². The van der Waals surface area contributed by atoms with Gasteiger partial charge < -0.3 is 9.64 Å². The fourth-order valence-corrected chi connectivity index (χ4v) is 4.08. The molecule has 0 bridgehead atoms. The van der Waals surface area contributed by atoms with E-state index in [1.54, 1.807) is 13.0 Å². The van der Waals surface area contributed by atoms with Gasteiger partial charge in [-0.2, -0.15) is 0 Å². The first-order chi connectivity index (χ1) is 14.1. The number of hydrogen-bond donors (Lipinski definition) is 0. The van der Waals surface area contributed by atoms with Gasteiger partial charge in [-0.25, -0.2) is 4.39 Å². The normalized spacial score (nSPS) is 18.1. The largest absolute Gasteiger partial charge is 0.492 e. The van der Waals surface area contributed by atoms with Gasteiger partial charge in [0.2, 0.25) is 5.91 Å². The summed E-state index contributed by atoms with van der Waals surface area (Å²) in [6, 6.07) is 13.4. The van der Waals surface area contributed by atoms with Crippen LogP contribution in [-0.2, 0) is 24.4 Å². The molecule has 1 amide bonds. The minimum Gasteiger partial charge on any atom is -0.492 e. The van der Waals surface area contributed by atoms with Gasteiger partial charge in [0.1, 0.15) is 18.2 Å². The Kier molecular flexibility index (Phi) is 6.11. The van der Waals surface area contributed by atoms with Gasteiger partial charge in [-0.15, -0.1) is 0 Å². The Bertz CT molecular complexity index is 865. The highest BCUT2D eigenvalue weighted by Gasteiger charge is 2.20. The quantitative estimate of drug-likeness (QED) is 0.795. The molecule has 0 aromatic heterocycles. The number of nitrogens with zero attached hydrogens (tertiary/aromatic N) is 3. The molecule has 4 rings (SSSR count). The van der Waals surface area contributed by atoms with Gasteiger partial charge >= 0.3 is 0 Å². The average molecular weight is 397 g/mol. The van der Waals surface area contributed by atoms with E-state index in [-0.39, 0.29) is 11.7 Å². The highest BCUT2D eigenvalue weighted by Crippen LogP contribution is 2.26. The number of fused-ring (bicyclic) bond motifs is 1. The zero-order valence-corrected chi connectivity index (χ0v) is 16.9. The summed E-state index contributed by atoms with van der Waals surface area (Å²) in [5, 5.41) is 0. The van der Waals surface area contributed by atoms with Crippen molar-refractivity contribution in [3.63, 3.8) is 0 Å². The third kappa shape index (κ3) is 4.95. The number of piperazine rings is 1. The maximum absolute atomic E-state index is 14.1. The van der Waals surface area contributed by atoms with Crippen LogP contribution in [0, 0.1) is 5.82 Å². The molecule has 1 fully saturated rings. The van der Waals surface area contributed by atoms with Crippen LogP contribution in [0.1, 0.15) is 23.6 Å². The van der Waals surface area contributed by atoms with Crippen LogP contribution in [0.4, 0.5) is 4.39 Å². The Morgan fingerprint density at radius 2 is 1.79 bits per heavy atom. The summed E-state index contributed by atoms with van der Waals surface area (Å²) in [7, 11) is 0. The van der Waals surface area contributed by atoms with Crippen molar-refractivity contribution in [1.29, 1.82) is 0 Å². The van der Waals surface area contributed by atoms with Gasteiger partial charge in [0.15, 0.2) is 0 Å². The number of rotatable bonds is 4. The predicted molar refractivity (Wildman–Crippen MR) is 110 cm³/mol. The second-order valence-corrected chi connectivity index (χ2v) is 7.87. The highest BCUT2D eigenvalue weighted by molar-refractivity contribution is 5.73. The molecule has 0 atom stereocenters. The Balaban J connectivity index is 1.42. The molecule has 0 saturated carbocycles. The van der Waals surface area contributed by atoms with Gasteiger partial charge in [-0.05, 0) is 23.8 Å². The smallest absolute Gasteiger partial charge is 0.219 e. The van der Waals surface area contributed by atoms with Crippen LogP contribution in [-0.4, -0.2) is 59.9 Å².